The second-order valence-electron chi connectivity index (χ2n) is 10.1. The summed E-state index contributed by atoms with van der Waals surface area (Å²) in [5.41, 5.74) is -2.14. The monoisotopic (exact) mass is 544 g/mol. The van der Waals surface area contributed by atoms with E-state index >= 15 is 4.39 Å². The molecule has 10 nitrogen and oxygen atoms in total. The van der Waals surface area contributed by atoms with Crippen LogP contribution < -0.4 is 10.1 Å². The van der Waals surface area contributed by atoms with Crippen LogP contribution in [0.15, 0.2) is 41.8 Å². The third-order valence-corrected chi connectivity index (χ3v) is 5.86. The first-order valence-corrected chi connectivity index (χ1v) is 11.9. The molecule has 0 saturated carbocycles. The number of amides is 1. The minimum Gasteiger partial charge on any atom is -0.480 e. The van der Waals surface area contributed by atoms with Crippen LogP contribution >= 0.6 is 0 Å². The Morgan fingerprint density at radius 1 is 1.15 bits per heavy atom. The summed E-state index contributed by atoms with van der Waals surface area (Å²) in [6, 6.07) is 4.07. The Kier molecular flexibility index (Phi) is 7.44. The number of hydrogen-bond donors (Lipinski definition) is 1. The highest BCUT2D eigenvalue weighted by Gasteiger charge is 2.39. The number of alkyl carbamates (subject to hydrolysis) is 1. The van der Waals surface area contributed by atoms with E-state index in [1.807, 2.05) is 0 Å². The number of methoxy groups -OCH3 is 1. The molecule has 1 aromatic carbocycles. The van der Waals surface area contributed by atoms with Crippen molar-refractivity contribution in [2.45, 2.75) is 58.2 Å². The summed E-state index contributed by atoms with van der Waals surface area (Å²) in [6.07, 6.45) is -0.312. The number of alkyl halides is 2. The molecule has 1 amide bonds. The molecule has 0 radical (unpaired) electrons. The van der Waals surface area contributed by atoms with Gasteiger partial charge in [0.15, 0.2) is 17.4 Å². The van der Waals surface area contributed by atoms with Crippen LogP contribution in [0, 0.1) is 5.82 Å². The minimum absolute atomic E-state index is 0.0153. The van der Waals surface area contributed by atoms with Crippen LogP contribution in [-0.4, -0.2) is 49.9 Å². The summed E-state index contributed by atoms with van der Waals surface area (Å²) in [4.78, 5) is 41.9. The molecule has 4 rings (SSSR count). The van der Waals surface area contributed by atoms with Gasteiger partial charge in [0.1, 0.15) is 28.3 Å². The number of halogens is 3. The van der Waals surface area contributed by atoms with Gasteiger partial charge in [0.2, 0.25) is 5.88 Å². The molecule has 3 aromatic rings. The normalized spacial score (nSPS) is 16.9. The van der Waals surface area contributed by atoms with Crippen molar-refractivity contribution in [2.75, 3.05) is 7.11 Å². The van der Waals surface area contributed by atoms with Gasteiger partial charge >= 0.3 is 6.09 Å². The number of ether oxygens (including phenoxy) is 2. The zero-order valence-corrected chi connectivity index (χ0v) is 22.0. The molecule has 0 spiro atoms. The lowest BCUT2D eigenvalue weighted by Crippen LogP contribution is -2.44. The molecule has 0 aliphatic carbocycles. The molecule has 2 aromatic heterocycles. The fraction of sp³-hybridized carbons (Fsp3) is 0.385. The Hall–Kier alpha value is -4.29. The lowest BCUT2D eigenvalue weighted by Gasteiger charge is -2.33. The summed E-state index contributed by atoms with van der Waals surface area (Å²) < 4.78 is 54.3. The van der Waals surface area contributed by atoms with E-state index in [0.717, 1.165) is 6.20 Å². The maximum absolute atomic E-state index is 15.2. The van der Waals surface area contributed by atoms with Crippen LogP contribution in [0.1, 0.15) is 67.3 Å². The van der Waals surface area contributed by atoms with Crippen LogP contribution in [0.3, 0.4) is 0 Å². The molecule has 1 aliphatic rings. The summed E-state index contributed by atoms with van der Waals surface area (Å²) >= 11 is 0. The number of rotatable bonds is 6. The zero-order valence-electron chi connectivity index (χ0n) is 22.0. The van der Waals surface area contributed by atoms with Crippen molar-refractivity contribution in [2.24, 2.45) is 4.99 Å². The summed E-state index contributed by atoms with van der Waals surface area (Å²) in [5, 5.41) is 2.46. The topological polar surface area (TPSA) is 121 Å². The number of carbonyl (C=O) groups is 2. The van der Waals surface area contributed by atoms with Crippen molar-refractivity contribution in [1.82, 2.24) is 24.8 Å². The molecule has 206 valence electrons. The Morgan fingerprint density at radius 3 is 2.51 bits per heavy atom. The fourth-order valence-electron chi connectivity index (χ4n) is 4.12. The van der Waals surface area contributed by atoms with E-state index in [-0.39, 0.29) is 47.5 Å². The second kappa shape index (κ2) is 10.5. The van der Waals surface area contributed by atoms with E-state index in [1.54, 1.807) is 27.7 Å². The van der Waals surface area contributed by atoms with Gasteiger partial charge in [0.05, 0.1) is 32.2 Å². The number of benzene rings is 1. The van der Waals surface area contributed by atoms with E-state index in [1.165, 1.54) is 42.3 Å². The van der Waals surface area contributed by atoms with Gasteiger partial charge in [-0.05, 0) is 45.4 Å². The molecule has 0 fully saturated rings. The third kappa shape index (κ3) is 6.07. The molecule has 0 bridgehead atoms. The molecule has 3 heterocycles. The maximum atomic E-state index is 15.2. The quantitative estimate of drug-likeness (QED) is 0.457. The number of Topliss-reactive ketones (excluding diaryl/α,β-unsaturated/α-hetero) is 1. The van der Waals surface area contributed by atoms with E-state index in [0.29, 0.717) is 5.56 Å². The number of ketones is 1. The van der Waals surface area contributed by atoms with E-state index in [9.17, 15) is 18.4 Å². The molecular weight excluding hydrogens is 517 g/mol. The predicted molar refractivity (Wildman–Crippen MR) is 133 cm³/mol. The Balaban J connectivity index is 1.70. The summed E-state index contributed by atoms with van der Waals surface area (Å²) in [7, 11) is 1.42. The lowest BCUT2D eigenvalue weighted by molar-refractivity contribution is 0.0562. The third-order valence-electron chi connectivity index (χ3n) is 5.86. The average Bonchev–Trinajstić information content (AvgIpc) is 3.28. The van der Waals surface area contributed by atoms with Crippen molar-refractivity contribution in [3.63, 3.8) is 0 Å². The van der Waals surface area contributed by atoms with Gasteiger partial charge < -0.3 is 14.0 Å². The van der Waals surface area contributed by atoms with Crippen LogP contribution in [-0.2, 0) is 23.2 Å². The van der Waals surface area contributed by atoms with E-state index in [2.05, 4.69) is 25.3 Å². The Labute approximate surface area is 222 Å². The van der Waals surface area contributed by atoms with Crippen molar-refractivity contribution in [3.8, 4) is 5.88 Å². The number of hydrogen-bond acceptors (Lipinski definition) is 8. The highest BCUT2D eigenvalue weighted by atomic mass is 19.3. The van der Waals surface area contributed by atoms with Gasteiger partial charge in [0.25, 0.3) is 6.43 Å². The number of fused-ring (bicyclic) bond motifs is 1. The number of nitrogens with zero attached hydrogens (tertiary/aromatic N) is 5. The first-order valence-electron chi connectivity index (χ1n) is 11.9. The second-order valence-corrected chi connectivity index (χ2v) is 10.1. The number of imidazole rings is 1. The largest absolute Gasteiger partial charge is 0.480 e. The highest BCUT2D eigenvalue weighted by Crippen LogP contribution is 2.36. The van der Waals surface area contributed by atoms with E-state index in [4.69, 9.17) is 9.47 Å². The SMILES string of the molecule is COc1cnc(C(=O)Cc2ccc(F)c(C3(C)Cn4c(C(F)F)cnc4C(NC(=O)OC(C)(C)C)=N3)c2)cn1. The van der Waals surface area contributed by atoms with Crippen LogP contribution in [0.25, 0.3) is 0 Å². The Morgan fingerprint density at radius 2 is 1.90 bits per heavy atom. The molecule has 13 heteroatoms. The number of aliphatic imine (C=N–C) groups is 1. The van der Waals surface area contributed by atoms with Crippen molar-refractivity contribution < 1.29 is 32.2 Å². The van der Waals surface area contributed by atoms with Crippen molar-refractivity contribution in [1.29, 1.82) is 0 Å². The highest BCUT2D eigenvalue weighted by molar-refractivity contribution is 6.05. The molecule has 1 N–H and O–H groups in total. The molecule has 1 atom stereocenters. The van der Waals surface area contributed by atoms with Crippen LogP contribution in [0.2, 0.25) is 0 Å². The zero-order chi connectivity index (χ0) is 28.5. The number of nitrogens with one attached hydrogen (secondary N) is 1. The van der Waals surface area contributed by atoms with Gasteiger partial charge in [0, 0.05) is 12.0 Å². The van der Waals surface area contributed by atoms with E-state index < -0.39 is 35.2 Å². The van der Waals surface area contributed by atoms with Gasteiger partial charge in [-0.1, -0.05) is 6.07 Å². The number of carbonyl (C=O) groups excluding carboxylic acids is 2. The summed E-state index contributed by atoms with van der Waals surface area (Å²) in [6.45, 7) is 6.33. The summed E-state index contributed by atoms with van der Waals surface area (Å²) in [5.74, 6) is -0.959. The molecule has 1 unspecified atom stereocenters. The fourth-order valence-corrected chi connectivity index (χ4v) is 4.12. The van der Waals surface area contributed by atoms with Gasteiger partial charge in [-0.15, -0.1) is 0 Å². The molecule has 1 aliphatic heterocycles. The average molecular weight is 545 g/mol. The van der Waals surface area contributed by atoms with Gasteiger partial charge in [-0.2, -0.15) is 0 Å². The predicted octanol–water partition coefficient (Wildman–Crippen LogP) is 4.38. The number of aromatic nitrogens is 4. The van der Waals surface area contributed by atoms with Crippen molar-refractivity contribution in [3.05, 3.63) is 70.9 Å². The number of amidine groups is 1. The van der Waals surface area contributed by atoms with Crippen LogP contribution in [0.4, 0.5) is 18.0 Å². The smallest absolute Gasteiger partial charge is 0.413 e. The van der Waals surface area contributed by atoms with Crippen molar-refractivity contribution >= 4 is 17.7 Å². The first-order chi connectivity index (χ1) is 18.3. The first kappa shape index (κ1) is 27.7. The molecular formula is C26H27F3N6O4. The Bertz CT molecular complexity index is 1430. The minimum atomic E-state index is -2.88. The maximum Gasteiger partial charge on any atom is 0.413 e. The van der Waals surface area contributed by atoms with Crippen LogP contribution in [0.5, 0.6) is 5.88 Å². The molecule has 0 saturated heterocycles. The van der Waals surface area contributed by atoms with Gasteiger partial charge in [-0.3, -0.25) is 15.1 Å². The standard InChI is InChI=1S/C26H27F3N6O4/c1-25(2,3)39-24(37)33-22-23-32-11-18(21(28)29)35(23)13-26(4,34-22)15-8-14(6-7-16(15)27)9-19(36)17-10-31-20(38-5)12-30-17/h6-8,10-12,21H,9,13H2,1-5H3,(H,33,34,37). The lowest BCUT2D eigenvalue weighted by atomic mass is 9.88. The van der Waals surface area contributed by atoms with Gasteiger partial charge in [-0.25, -0.2) is 32.9 Å². The molecule has 39 heavy (non-hydrogen) atoms.